The maximum Gasteiger partial charge on any atom is 0.325 e. The Kier molecular flexibility index (Phi) is 10.2. The molecule has 10 heteroatoms. The van der Waals surface area contributed by atoms with Gasteiger partial charge in [-0.25, -0.2) is 8.42 Å². The molecule has 1 aliphatic rings. The van der Waals surface area contributed by atoms with Gasteiger partial charge in [-0.2, -0.15) is 4.31 Å². The first-order valence-corrected chi connectivity index (χ1v) is 12.6. The van der Waals surface area contributed by atoms with Crippen molar-refractivity contribution in [3.63, 3.8) is 0 Å². The molecule has 1 N–H and O–H groups in total. The molecule has 0 amide bonds. The third kappa shape index (κ3) is 6.02. The monoisotopic (exact) mass is 512 g/mol. The van der Waals surface area contributed by atoms with E-state index >= 15 is 0 Å². The highest BCUT2D eigenvalue weighted by Crippen LogP contribution is 2.39. The molecule has 0 spiro atoms. The van der Waals surface area contributed by atoms with Crippen LogP contribution in [0.15, 0.2) is 47.4 Å². The number of quaternary nitrogens is 1. The zero-order chi connectivity index (χ0) is 24.0. The highest BCUT2D eigenvalue weighted by atomic mass is 35.5. The quantitative estimate of drug-likeness (QED) is 0.382. The number of sulfonamides is 1. The Morgan fingerprint density at radius 3 is 2.26 bits per heavy atom. The van der Waals surface area contributed by atoms with Crippen molar-refractivity contribution >= 4 is 16.0 Å². The van der Waals surface area contributed by atoms with Crippen molar-refractivity contribution in [3.05, 3.63) is 53.6 Å². The number of halogens is 1. The van der Waals surface area contributed by atoms with Gasteiger partial charge < -0.3 is 31.5 Å². The average molecular weight is 513 g/mol. The van der Waals surface area contributed by atoms with E-state index in [0.717, 1.165) is 18.7 Å². The number of likely N-dealkylation sites (N-methyl/N-ethyl adjacent to an activating group) is 1. The van der Waals surface area contributed by atoms with Gasteiger partial charge in [0.25, 0.3) is 0 Å². The minimum atomic E-state index is -3.99. The standard InChI is InChI=1S/C24H32N2O6S.ClH/c1-5-25(6-2)12-13-32-24(27)20-14-19-15-21(30-3)22(31-4)16-23(19)33(28,29)26(20)17-18-10-8-7-9-11-18;/h7-11,15-16,20H,5-6,12-14,17H2,1-4H3;1H. The van der Waals surface area contributed by atoms with Gasteiger partial charge in [-0.3, -0.25) is 4.79 Å². The summed E-state index contributed by atoms with van der Waals surface area (Å²) in [5, 5.41) is 0. The van der Waals surface area contributed by atoms with Gasteiger partial charge >= 0.3 is 5.97 Å². The summed E-state index contributed by atoms with van der Waals surface area (Å²) >= 11 is 0. The number of hydrogen-bond acceptors (Lipinski definition) is 6. The number of hydrogen-bond donors (Lipinski definition) is 1. The summed E-state index contributed by atoms with van der Waals surface area (Å²) in [5.41, 5.74) is 1.30. The van der Waals surface area contributed by atoms with Crippen LogP contribution in [-0.4, -0.2) is 65.2 Å². The third-order valence-electron chi connectivity index (χ3n) is 6.07. The molecule has 0 aliphatic carbocycles. The van der Waals surface area contributed by atoms with E-state index in [9.17, 15) is 13.2 Å². The van der Waals surface area contributed by atoms with Crippen LogP contribution in [0, 0.1) is 0 Å². The van der Waals surface area contributed by atoms with E-state index in [0.29, 0.717) is 23.6 Å². The topological polar surface area (TPSA) is 86.6 Å². The van der Waals surface area contributed by atoms with Gasteiger partial charge in [0.1, 0.15) is 19.2 Å². The van der Waals surface area contributed by atoms with E-state index in [1.807, 2.05) is 30.3 Å². The first kappa shape index (κ1) is 27.9. The Hall–Kier alpha value is -2.33. The summed E-state index contributed by atoms with van der Waals surface area (Å²) in [4.78, 5) is 14.6. The van der Waals surface area contributed by atoms with E-state index in [-0.39, 0.29) is 36.9 Å². The molecule has 0 aromatic heterocycles. The normalized spacial score (nSPS) is 16.9. The van der Waals surface area contributed by atoms with Crippen LogP contribution in [0.1, 0.15) is 25.0 Å². The summed E-state index contributed by atoms with van der Waals surface area (Å²) in [6, 6.07) is 11.4. The molecule has 2 aromatic rings. The molecular formula is C24H33ClN2O6S. The van der Waals surface area contributed by atoms with Crippen LogP contribution in [0.3, 0.4) is 0 Å². The molecule has 2 aromatic carbocycles. The van der Waals surface area contributed by atoms with Gasteiger partial charge in [0.05, 0.1) is 32.2 Å². The van der Waals surface area contributed by atoms with Crippen molar-refractivity contribution in [2.45, 2.75) is 37.8 Å². The van der Waals surface area contributed by atoms with Crippen LogP contribution in [0.5, 0.6) is 11.5 Å². The van der Waals surface area contributed by atoms with Crippen LogP contribution in [0.4, 0.5) is 0 Å². The number of nitrogens with zero attached hydrogens (tertiary/aromatic N) is 1. The number of ether oxygens (including phenoxy) is 3. The molecular weight excluding hydrogens is 480 g/mol. The average Bonchev–Trinajstić information content (AvgIpc) is 2.83. The van der Waals surface area contributed by atoms with Gasteiger partial charge in [-0.1, -0.05) is 30.3 Å². The predicted octanol–water partition coefficient (Wildman–Crippen LogP) is -1.71. The smallest absolute Gasteiger partial charge is 0.325 e. The minimum absolute atomic E-state index is 0. The number of rotatable bonds is 10. The van der Waals surface area contributed by atoms with Crippen molar-refractivity contribution in [3.8, 4) is 11.5 Å². The highest BCUT2D eigenvalue weighted by molar-refractivity contribution is 7.89. The zero-order valence-electron chi connectivity index (χ0n) is 20.0. The van der Waals surface area contributed by atoms with Crippen LogP contribution >= 0.6 is 0 Å². The van der Waals surface area contributed by atoms with E-state index in [1.54, 1.807) is 6.07 Å². The second-order valence-corrected chi connectivity index (χ2v) is 9.80. The minimum Gasteiger partial charge on any atom is -1.00 e. The largest absolute Gasteiger partial charge is 1.00 e. The summed E-state index contributed by atoms with van der Waals surface area (Å²) < 4.78 is 44.8. The number of methoxy groups -OCH3 is 2. The molecule has 1 aliphatic heterocycles. The Labute approximate surface area is 208 Å². The fourth-order valence-electron chi connectivity index (χ4n) is 4.06. The maximum absolute atomic E-state index is 13.7. The molecule has 8 nitrogen and oxygen atoms in total. The van der Waals surface area contributed by atoms with Crippen molar-refractivity contribution in [1.29, 1.82) is 0 Å². The highest BCUT2D eigenvalue weighted by Gasteiger charge is 2.43. The molecule has 0 bridgehead atoms. The van der Waals surface area contributed by atoms with Gasteiger partial charge in [0.2, 0.25) is 10.0 Å². The number of esters is 1. The lowest BCUT2D eigenvalue weighted by molar-refractivity contribution is -0.896. The lowest BCUT2D eigenvalue weighted by Crippen LogP contribution is -3.11. The van der Waals surface area contributed by atoms with Crippen molar-refractivity contribution in [2.75, 3.05) is 40.5 Å². The Morgan fingerprint density at radius 1 is 1.06 bits per heavy atom. The maximum atomic E-state index is 13.7. The Bertz CT molecular complexity index is 1060. The first-order chi connectivity index (χ1) is 15.8. The van der Waals surface area contributed by atoms with Crippen LogP contribution in [0.2, 0.25) is 0 Å². The number of carbonyl (C=O) groups is 1. The summed E-state index contributed by atoms with van der Waals surface area (Å²) in [6.45, 7) is 7.01. The Morgan fingerprint density at radius 2 is 1.68 bits per heavy atom. The molecule has 188 valence electrons. The fourth-order valence-corrected chi connectivity index (χ4v) is 5.86. The molecule has 0 radical (unpaired) electrons. The second kappa shape index (κ2) is 12.4. The van der Waals surface area contributed by atoms with E-state index < -0.39 is 22.0 Å². The van der Waals surface area contributed by atoms with Crippen LogP contribution in [-0.2, 0) is 32.5 Å². The van der Waals surface area contributed by atoms with Gasteiger partial charge in [-0.15, -0.1) is 0 Å². The lowest BCUT2D eigenvalue weighted by atomic mass is 10.0. The molecule has 3 rings (SSSR count). The zero-order valence-corrected chi connectivity index (χ0v) is 21.6. The number of nitrogens with one attached hydrogen (secondary N) is 1. The van der Waals surface area contributed by atoms with E-state index in [4.69, 9.17) is 14.2 Å². The number of carbonyl (C=O) groups excluding carboxylic acids is 1. The van der Waals surface area contributed by atoms with Crippen molar-refractivity contribution < 1.29 is 44.7 Å². The van der Waals surface area contributed by atoms with Crippen molar-refractivity contribution in [2.24, 2.45) is 0 Å². The molecule has 0 saturated heterocycles. The fraction of sp³-hybridized carbons (Fsp3) is 0.458. The second-order valence-electron chi connectivity index (χ2n) is 7.95. The van der Waals surface area contributed by atoms with Gasteiger partial charge in [0, 0.05) is 19.0 Å². The molecule has 34 heavy (non-hydrogen) atoms. The van der Waals surface area contributed by atoms with Gasteiger partial charge in [0.15, 0.2) is 11.5 Å². The number of benzene rings is 2. The lowest BCUT2D eigenvalue weighted by Gasteiger charge is -2.35. The van der Waals surface area contributed by atoms with Crippen LogP contribution in [0.25, 0.3) is 0 Å². The Balaban J connectivity index is 0.00000408. The summed E-state index contributed by atoms with van der Waals surface area (Å²) in [5.74, 6) is 0.199. The summed E-state index contributed by atoms with van der Waals surface area (Å²) in [7, 11) is -1.04. The van der Waals surface area contributed by atoms with E-state index in [2.05, 4.69) is 13.8 Å². The van der Waals surface area contributed by atoms with Gasteiger partial charge in [-0.05, 0) is 31.0 Å². The molecule has 0 fully saturated rings. The number of fused-ring (bicyclic) bond motifs is 1. The third-order valence-corrected chi connectivity index (χ3v) is 8.00. The molecule has 1 heterocycles. The molecule has 1 unspecified atom stereocenters. The molecule has 1 atom stereocenters. The van der Waals surface area contributed by atoms with Crippen LogP contribution < -0.4 is 26.8 Å². The predicted molar refractivity (Wildman–Crippen MR) is 124 cm³/mol. The summed E-state index contributed by atoms with van der Waals surface area (Å²) in [6.07, 6.45) is 0.193. The molecule has 0 saturated carbocycles. The SMILES string of the molecule is CC[NH+](CC)CCOC(=O)C1Cc2cc(OC)c(OC)cc2S(=O)(=O)N1Cc1ccccc1.[Cl-]. The first-order valence-electron chi connectivity index (χ1n) is 11.2. The van der Waals surface area contributed by atoms with Crippen molar-refractivity contribution in [1.82, 2.24) is 4.31 Å². The van der Waals surface area contributed by atoms with E-state index in [1.165, 1.54) is 29.5 Å².